The second-order valence-electron chi connectivity index (χ2n) is 7.98. The molecule has 0 bridgehead atoms. The third-order valence-electron chi connectivity index (χ3n) is 5.40. The first-order valence-corrected chi connectivity index (χ1v) is 11.8. The summed E-state index contributed by atoms with van der Waals surface area (Å²) in [6.45, 7) is 3.82. The monoisotopic (exact) mass is 465 g/mol. The summed E-state index contributed by atoms with van der Waals surface area (Å²) in [7, 11) is -3.92. The van der Waals surface area contributed by atoms with Crippen molar-refractivity contribution in [1.29, 1.82) is 0 Å². The molecular formula is C22H25F2N3O4S. The lowest BCUT2D eigenvalue weighted by Gasteiger charge is -2.31. The Morgan fingerprint density at radius 1 is 1.16 bits per heavy atom. The van der Waals surface area contributed by atoms with Crippen LogP contribution in [0.3, 0.4) is 0 Å². The van der Waals surface area contributed by atoms with Crippen molar-refractivity contribution in [3.8, 4) is 11.1 Å². The van der Waals surface area contributed by atoms with Gasteiger partial charge >= 0.3 is 0 Å². The molecule has 1 heterocycles. The lowest BCUT2D eigenvalue weighted by molar-refractivity contribution is -0.130. The highest BCUT2D eigenvalue weighted by Crippen LogP contribution is 2.25. The number of sulfonamides is 1. The Balaban J connectivity index is 1.71. The van der Waals surface area contributed by atoms with E-state index in [0.29, 0.717) is 37.1 Å². The summed E-state index contributed by atoms with van der Waals surface area (Å²) in [4.78, 5) is 27.7. The fourth-order valence-corrected chi connectivity index (χ4v) is 5.02. The Morgan fingerprint density at radius 3 is 2.59 bits per heavy atom. The van der Waals surface area contributed by atoms with Crippen molar-refractivity contribution in [3.05, 3.63) is 59.2 Å². The summed E-state index contributed by atoms with van der Waals surface area (Å²) < 4.78 is 53.0. The SMILES string of the molecule is CC(=O)N1CCCC(CS(=O)(=O)NNC(=O)c2cc(-c3cccc(F)c3)cc(C)c2F)C1. The Morgan fingerprint density at radius 2 is 1.91 bits per heavy atom. The van der Waals surface area contributed by atoms with Crippen LogP contribution in [0.4, 0.5) is 8.78 Å². The van der Waals surface area contributed by atoms with Crippen molar-refractivity contribution >= 4 is 21.8 Å². The van der Waals surface area contributed by atoms with Crippen molar-refractivity contribution in [2.24, 2.45) is 5.92 Å². The number of likely N-dealkylation sites (tertiary alicyclic amines) is 1. The number of hydrogen-bond donors (Lipinski definition) is 2. The van der Waals surface area contributed by atoms with Crippen molar-refractivity contribution in [2.45, 2.75) is 26.7 Å². The number of halogens is 2. The topological polar surface area (TPSA) is 95.6 Å². The molecule has 0 spiro atoms. The normalized spacial score (nSPS) is 16.6. The third kappa shape index (κ3) is 5.89. The molecule has 172 valence electrons. The van der Waals surface area contributed by atoms with Crippen LogP contribution >= 0.6 is 0 Å². The molecule has 1 atom stereocenters. The Bertz CT molecular complexity index is 1140. The van der Waals surface area contributed by atoms with Crippen LogP contribution in [-0.4, -0.2) is 44.0 Å². The lowest BCUT2D eigenvalue weighted by Crippen LogP contribution is -2.46. The van der Waals surface area contributed by atoms with Crippen molar-refractivity contribution in [3.63, 3.8) is 0 Å². The quantitative estimate of drug-likeness (QED) is 0.642. The number of amides is 2. The van der Waals surface area contributed by atoms with E-state index in [1.165, 1.54) is 44.2 Å². The van der Waals surface area contributed by atoms with Crippen LogP contribution < -0.4 is 10.3 Å². The zero-order valence-electron chi connectivity index (χ0n) is 17.8. The van der Waals surface area contributed by atoms with Crippen LogP contribution in [0.2, 0.25) is 0 Å². The van der Waals surface area contributed by atoms with E-state index in [9.17, 15) is 26.8 Å². The highest BCUT2D eigenvalue weighted by molar-refractivity contribution is 7.89. The van der Waals surface area contributed by atoms with E-state index >= 15 is 0 Å². The van der Waals surface area contributed by atoms with Gasteiger partial charge in [-0.3, -0.25) is 15.0 Å². The molecule has 3 rings (SSSR count). The Hall–Kier alpha value is -2.85. The van der Waals surface area contributed by atoms with Gasteiger partial charge in [-0.1, -0.05) is 12.1 Å². The van der Waals surface area contributed by atoms with E-state index in [1.807, 2.05) is 10.3 Å². The smallest absolute Gasteiger partial charge is 0.269 e. The molecule has 0 radical (unpaired) electrons. The van der Waals surface area contributed by atoms with Gasteiger partial charge in [0.1, 0.15) is 11.6 Å². The molecule has 0 aromatic heterocycles. The van der Waals surface area contributed by atoms with Gasteiger partial charge in [-0.05, 0) is 66.6 Å². The molecule has 1 aliphatic rings. The lowest BCUT2D eigenvalue weighted by atomic mass is 9.99. The van der Waals surface area contributed by atoms with Crippen LogP contribution in [-0.2, 0) is 14.8 Å². The van der Waals surface area contributed by atoms with E-state index in [1.54, 1.807) is 11.0 Å². The van der Waals surface area contributed by atoms with Gasteiger partial charge in [-0.25, -0.2) is 17.2 Å². The molecule has 1 aliphatic heterocycles. The van der Waals surface area contributed by atoms with Gasteiger partial charge < -0.3 is 4.90 Å². The maximum Gasteiger partial charge on any atom is 0.269 e. The fraction of sp³-hybridized carbons (Fsp3) is 0.364. The minimum absolute atomic E-state index is 0.114. The first-order chi connectivity index (χ1) is 15.1. The molecule has 2 N–H and O–H groups in total. The molecule has 1 fully saturated rings. The number of hydrogen-bond acceptors (Lipinski definition) is 4. The molecule has 1 saturated heterocycles. The number of nitrogens with zero attached hydrogens (tertiary/aromatic N) is 1. The van der Waals surface area contributed by atoms with E-state index in [2.05, 4.69) is 0 Å². The van der Waals surface area contributed by atoms with Crippen molar-refractivity contribution < 1.29 is 26.8 Å². The second-order valence-corrected chi connectivity index (χ2v) is 9.74. The summed E-state index contributed by atoms with van der Waals surface area (Å²) in [6.07, 6.45) is 1.34. The average molecular weight is 466 g/mol. The average Bonchev–Trinajstić information content (AvgIpc) is 2.73. The Kier molecular flexibility index (Phi) is 7.25. The molecular weight excluding hydrogens is 440 g/mol. The van der Waals surface area contributed by atoms with E-state index in [4.69, 9.17) is 0 Å². The number of carbonyl (C=O) groups is 2. The van der Waals surface area contributed by atoms with Crippen LogP contribution in [0.1, 0.15) is 35.7 Å². The second kappa shape index (κ2) is 9.74. The molecule has 0 saturated carbocycles. The summed E-state index contributed by atoms with van der Waals surface area (Å²) in [6, 6.07) is 8.36. The van der Waals surface area contributed by atoms with Gasteiger partial charge in [0.2, 0.25) is 15.9 Å². The highest BCUT2D eigenvalue weighted by atomic mass is 32.2. The molecule has 0 aliphatic carbocycles. The summed E-state index contributed by atoms with van der Waals surface area (Å²) in [5.74, 6) is -2.90. The van der Waals surface area contributed by atoms with Crippen molar-refractivity contribution in [1.82, 2.24) is 15.2 Å². The van der Waals surface area contributed by atoms with Crippen LogP contribution in [0.5, 0.6) is 0 Å². The minimum Gasteiger partial charge on any atom is -0.343 e. The first kappa shape index (κ1) is 23.8. The van der Waals surface area contributed by atoms with E-state index < -0.39 is 27.6 Å². The predicted octanol–water partition coefficient (Wildman–Crippen LogP) is 2.76. The van der Waals surface area contributed by atoms with Gasteiger partial charge in [0.15, 0.2) is 0 Å². The predicted molar refractivity (Wildman–Crippen MR) is 116 cm³/mol. The minimum atomic E-state index is -3.92. The number of benzene rings is 2. The molecule has 2 aromatic carbocycles. The standard InChI is InChI=1S/C22H25F2N3O4S/c1-14-9-18(17-6-3-7-19(23)10-17)11-20(21(14)24)22(29)25-26-32(30,31)13-16-5-4-8-27(12-16)15(2)28/h3,6-7,9-11,16,26H,4-5,8,12-13H2,1-2H3,(H,25,29). The van der Waals surface area contributed by atoms with E-state index in [0.717, 1.165) is 0 Å². The summed E-state index contributed by atoms with van der Waals surface area (Å²) >= 11 is 0. The van der Waals surface area contributed by atoms with Crippen molar-refractivity contribution in [2.75, 3.05) is 18.8 Å². The third-order valence-corrected chi connectivity index (χ3v) is 6.72. The molecule has 2 aromatic rings. The number of rotatable bonds is 6. The van der Waals surface area contributed by atoms with Gasteiger partial charge in [-0.2, -0.15) is 0 Å². The number of carbonyl (C=O) groups excluding carboxylic acids is 2. The van der Waals surface area contributed by atoms with Gasteiger partial charge in [0.25, 0.3) is 5.91 Å². The van der Waals surface area contributed by atoms with Crippen LogP contribution in [0.15, 0.2) is 36.4 Å². The summed E-state index contributed by atoms with van der Waals surface area (Å²) in [5, 5.41) is 0. The maximum atomic E-state index is 14.6. The van der Waals surface area contributed by atoms with Gasteiger partial charge in [0.05, 0.1) is 11.3 Å². The zero-order chi connectivity index (χ0) is 23.5. The fourth-order valence-electron chi connectivity index (χ4n) is 3.80. The van der Waals surface area contributed by atoms with E-state index in [-0.39, 0.29) is 28.7 Å². The number of piperidine rings is 1. The van der Waals surface area contributed by atoms with Crippen LogP contribution in [0, 0.1) is 24.5 Å². The summed E-state index contributed by atoms with van der Waals surface area (Å²) in [5.41, 5.74) is 2.71. The first-order valence-electron chi connectivity index (χ1n) is 10.2. The van der Waals surface area contributed by atoms with Gasteiger partial charge in [-0.15, -0.1) is 4.83 Å². The molecule has 32 heavy (non-hydrogen) atoms. The number of nitrogens with one attached hydrogen (secondary N) is 2. The number of aryl methyl sites for hydroxylation is 1. The maximum absolute atomic E-state index is 14.6. The zero-order valence-corrected chi connectivity index (χ0v) is 18.6. The van der Waals surface area contributed by atoms with Gasteiger partial charge in [0, 0.05) is 20.0 Å². The molecule has 1 unspecified atom stereocenters. The number of hydrazine groups is 1. The largest absolute Gasteiger partial charge is 0.343 e. The Labute approximate surface area is 185 Å². The molecule has 10 heteroatoms. The van der Waals surface area contributed by atoms with Crippen LogP contribution in [0.25, 0.3) is 11.1 Å². The molecule has 2 amide bonds. The highest BCUT2D eigenvalue weighted by Gasteiger charge is 2.27. The molecule has 7 nitrogen and oxygen atoms in total.